The highest BCUT2D eigenvalue weighted by molar-refractivity contribution is 14.1. The van der Waals surface area contributed by atoms with E-state index in [9.17, 15) is 0 Å². The van der Waals surface area contributed by atoms with E-state index in [1.807, 2.05) is 12.1 Å². The second-order valence-electron chi connectivity index (χ2n) is 1.60. The van der Waals surface area contributed by atoms with Crippen molar-refractivity contribution >= 4 is 38.5 Å². The van der Waals surface area contributed by atoms with Crippen molar-refractivity contribution in [2.24, 2.45) is 0 Å². The van der Waals surface area contributed by atoms with Crippen LogP contribution in [-0.2, 0) is 0 Å². The van der Waals surface area contributed by atoms with Gasteiger partial charge in [-0.05, 0) is 40.8 Å². The van der Waals surface area contributed by atoms with E-state index in [0.717, 1.165) is 8.04 Å². The Kier molecular flexibility index (Phi) is 2.35. The first-order chi connectivity index (χ1) is 4.20. The van der Waals surface area contributed by atoms with Crippen LogP contribution >= 0.6 is 38.5 Å². The van der Waals surface area contributed by atoms with Gasteiger partial charge in [0, 0.05) is 4.47 Å². The van der Waals surface area contributed by atoms with Crippen molar-refractivity contribution in [1.82, 2.24) is 0 Å². The zero-order valence-corrected chi connectivity index (χ0v) is 8.18. The number of phenolic OH excluding ortho intramolecular Hbond substituents is 1. The molecular weight excluding hydrogens is 295 g/mol. The summed E-state index contributed by atoms with van der Waals surface area (Å²) in [5.41, 5.74) is 0. The molecule has 0 bridgehead atoms. The minimum atomic E-state index is 0.324. The average Bonchev–Trinajstić information content (AvgIpc) is 1.80. The second-order valence-corrected chi connectivity index (χ2v) is 3.67. The Bertz CT molecular complexity index is 224. The standard InChI is InChI=1S/C6H4BrIO/c7-4-1-2-5(8)6(9)3-4/h1-3,9H. The summed E-state index contributed by atoms with van der Waals surface area (Å²) in [4.78, 5) is 0. The van der Waals surface area contributed by atoms with Crippen LogP contribution in [0.5, 0.6) is 5.75 Å². The van der Waals surface area contributed by atoms with Crippen molar-refractivity contribution in [1.29, 1.82) is 0 Å². The molecule has 9 heavy (non-hydrogen) atoms. The summed E-state index contributed by atoms with van der Waals surface area (Å²) in [5, 5.41) is 9.06. The molecule has 0 unspecified atom stereocenters. The molecule has 0 saturated heterocycles. The van der Waals surface area contributed by atoms with Gasteiger partial charge in [-0.25, -0.2) is 0 Å². The predicted octanol–water partition coefficient (Wildman–Crippen LogP) is 2.76. The number of benzene rings is 1. The fourth-order valence-corrected chi connectivity index (χ4v) is 1.17. The van der Waals surface area contributed by atoms with Crippen LogP contribution in [0.1, 0.15) is 0 Å². The van der Waals surface area contributed by atoms with E-state index in [2.05, 4.69) is 38.5 Å². The van der Waals surface area contributed by atoms with Gasteiger partial charge in [0.05, 0.1) is 3.57 Å². The lowest BCUT2D eigenvalue weighted by atomic mass is 10.3. The van der Waals surface area contributed by atoms with Gasteiger partial charge in [0.15, 0.2) is 0 Å². The highest BCUT2D eigenvalue weighted by Gasteiger charge is 1.94. The molecule has 0 aromatic heterocycles. The number of rotatable bonds is 0. The smallest absolute Gasteiger partial charge is 0.130 e. The Labute approximate surface area is 75.4 Å². The largest absolute Gasteiger partial charge is 0.507 e. The molecular formula is C6H4BrIO. The van der Waals surface area contributed by atoms with Gasteiger partial charge in [0.25, 0.3) is 0 Å². The maximum absolute atomic E-state index is 9.06. The third-order valence-corrected chi connectivity index (χ3v) is 2.31. The van der Waals surface area contributed by atoms with Crippen molar-refractivity contribution in [2.75, 3.05) is 0 Å². The van der Waals surface area contributed by atoms with Crippen LogP contribution in [0.2, 0.25) is 0 Å². The Morgan fingerprint density at radius 3 is 2.56 bits per heavy atom. The zero-order valence-electron chi connectivity index (χ0n) is 4.44. The summed E-state index contributed by atoms with van der Waals surface area (Å²) in [5.74, 6) is 0.324. The monoisotopic (exact) mass is 298 g/mol. The maximum Gasteiger partial charge on any atom is 0.130 e. The van der Waals surface area contributed by atoms with Gasteiger partial charge < -0.3 is 5.11 Å². The fourth-order valence-electron chi connectivity index (χ4n) is 0.486. The number of hydrogen-bond donors (Lipinski definition) is 1. The van der Waals surface area contributed by atoms with Crippen molar-refractivity contribution in [3.63, 3.8) is 0 Å². The average molecular weight is 299 g/mol. The lowest BCUT2D eigenvalue weighted by Gasteiger charge is -1.94. The minimum absolute atomic E-state index is 0.324. The fraction of sp³-hybridized carbons (Fsp3) is 0. The molecule has 1 nitrogen and oxygen atoms in total. The number of phenols is 1. The topological polar surface area (TPSA) is 20.2 Å². The van der Waals surface area contributed by atoms with Crippen LogP contribution in [0, 0.1) is 3.57 Å². The van der Waals surface area contributed by atoms with E-state index < -0.39 is 0 Å². The van der Waals surface area contributed by atoms with E-state index >= 15 is 0 Å². The first kappa shape index (κ1) is 7.34. The summed E-state index contributed by atoms with van der Waals surface area (Å²) in [7, 11) is 0. The van der Waals surface area contributed by atoms with Gasteiger partial charge in [-0.3, -0.25) is 0 Å². The molecule has 0 aliphatic heterocycles. The quantitative estimate of drug-likeness (QED) is 0.730. The second kappa shape index (κ2) is 2.88. The van der Waals surface area contributed by atoms with Gasteiger partial charge in [-0.1, -0.05) is 15.9 Å². The highest BCUT2D eigenvalue weighted by atomic mass is 127. The van der Waals surface area contributed by atoms with Crippen molar-refractivity contribution in [3.8, 4) is 5.75 Å². The molecule has 48 valence electrons. The highest BCUT2D eigenvalue weighted by Crippen LogP contribution is 2.22. The van der Waals surface area contributed by atoms with E-state index in [-0.39, 0.29) is 0 Å². The first-order valence-electron chi connectivity index (χ1n) is 2.34. The first-order valence-corrected chi connectivity index (χ1v) is 4.21. The molecule has 1 rings (SSSR count). The van der Waals surface area contributed by atoms with Gasteiger partial charge in [0.1, 0.15) is 5.75 Å². The summed E-state index contributed by atoms with van der Waals surface area (Å²) < 4.78 is 1.77. The molecule has 1 N–H and O–H groups in total. The van der Waals surface area contributed by atoms with Crippen LogP contribution in [-0.4, -0.2) is 5.11 Å². The van der Waals surface area contributed by atoms with Gasteiger partial charge in [-0.2, -0.15) is 0 Å². The van der Waals surface area contributed by atoms with Crippen LogP contribution in [0.15, 0.2) is 22.7 Å². The van der Waals surface area contributed by atoms with Crippen LogP contribution in [0.3, 0.4) is 0 Å². The zero-order chi connectivity index (χ0) is 6.85. The van der Waals surface area contributed by atoms with E-state index in [1.165, 1.54) is 0 Å². The lowest BCUT2D eigenvalue weighted by Crippen LogP contribution is -1.71. The van der Waals surface area contributed by atoms with Gasteiger partial charge in [-0.15, -0.1) is 0 Å². The molecule has 0 fully saturated rings. The number of halogens is 2. The van der Waals surface area contributed by atoms with E-state index in [4.69, 9.17) is 5.11 Å². The minimum Gasteiger partial charge on any atom is -0.507 e. The lowest BCUT2D eigenvalue weighted by molar-refractivity contribution is 0.471. The third kappa shape index (κ3) is 1.82. The normalized spacial score (nSPS) is 9.56. The maximum atomic E-state index is 9.06. The predicted molar refractivity (Wildman–Crippen MR) is 48.5 cm³/mol. The van der Waals surface area contributed by atoms with Crippen molar-refractivity contribution < 1.29 is 5.11 Å². The Morgan fingerprint density at radius 2 is 2.11 bits per heavy atom. The number of aromatic hydroxyl groups is 1. The van der Waals surface area contributed by atoms with Crippen molar-refractivity contribution in [3.05, 3.63) is 26.2 Å². The van der Waals surface area contributed by atoms with Crippen LogP contribution in [0.25, 0.3) is 0 Å². The van der Waals surface area contributed by atoms with E-state index in [0.29, 0.717) is 5.75 Å². The summed E-state index contributed by atoms with van der Waals surface area (Å²) in [6.45, 7) is 0. The summed E-state index contributed by atoms with van der Waals surface area (Å²) in [6.07, 6.45) is 0. The van der Waals surface area contributed by atoms with Crippen molar-refractivity contribution in [2.45, 2.75) is 0 Å². The molecule has 0 aliphatic rings. The molecule has 0 heterocycles. The molecule has 1 aromatic carbocycles. The Hall–Kier alpha value is 0.230. The molecule has 0 atom stereocenters. The summed E-state index contributed by atoms with van der Waals surface area (Å²) >= 11 is 5.30. The molecule has 0 radical (unpaired) electrons. The Morgan fingerprint density at radius 1 is 1.44 bits per heavy atom. The van der Waals surface area contributed by atoms with Crippen LogP contribution < -0.4 is 0 Å². The number of hydrogen-bond acceptors (Lipinski definition) is 1. The molecule has 0 spiro atoms. The molecule has 1 aromatic rings. The van der Waals surface area contributed by atoms with Gasteiger partial charge in [0.2, 0.25) is 0 Å². The molecule has 0 saturated carbocycles. The Balaban J connectivity index is 3.17. The molecule has 0 aliphatic carbocycles. The van der Waals surface area contributed by atoms with E-state index in [1.54, 1.807) is 6.07 Å². The molecule has 0 amide bonds. The van der Waals surface area contributed by atoms with Crippen LogP contribution in [0.4, 0.5) is 0 Å². The summed E-state index contributed by atoms with van der Waals surface area (Å²) in [6, 6.07) is 5.41. The molecule has 3 heteroatoms. The SMILES string of the molecule is Oc1cc(Br)ccc1I. The van der Waals surface area contributed by atoms with Gasteiger partial charge >= 0.3 is 0 Å². The third-order valence-electron chi connectivity index (χ3n) is 0.908.